The molecule has 120 valence electrons. The van der Waals surface area contributed by atoms with Crippen LogP contribution in [0.2, 0.25) is 0 Å². The van der Waals surface area contributed by atoms with Crippen molar-refractivity contribution in [2.24, 2.45) is 0 Å². The van der Waals surface area contributed by atoms with Crippen molar-refractivity contribution in [1.29, 1.82) is 0 Å². The Morgan fingerprint density at radius 2 is 1.71 bits per heavy atom. The van der Waals surface area contributed by atoms with Gasteiger partial charge >= 0.3 is 5.97 Å². The minimum absolute atomic E-state index is 0.304. The lowest BCUT2D eigenvalue weighted by Crippen LogP contribution is -2.06. The molecule has 0 radical (unpaired) electrons. The van der Waals surface area contributed by atoms with Gasteiger partial charge < -0.3 is 9.84 Å². The van der Waals surface area contributed by atoms with Gasteiger partial charge in [0.25, 0.3) is 0 Å². The molecule has 3 heteroatoms. The Morgan fingerprint density at radius 1 is 1.19 bits per heavy atom. The van der Waals surface area contributed by atoms with Crippen LogP contribution in [0.15, 0.2) is 12.1 Å². The molecule has 21 heavy (non-hydrogen) atoms. The summed E-state index contributed by atoms with van der Waals surface area (Å²) in [6.45, 7) is 10.1. The number of hydrogen-bond donors (Lipinski definition) is 1. The highest BCUT2D eigenvalue weighted by Gasteiger charge is 2.19. The molecule has 1 aromatic rings. The van der Waals surface area contributed by atoms with E-state index in [0.29, 0.717) is 17.2 Å². The van der Waals surface area contributed by atoms with E-state index in [2.05, 4.69) is 13.8 Å². The van der Waals surface area contributed by atoms with Gasteiger partial charge in [-0.05, 0) is 48.9 Å². The lowest BCUT2D eigenvalue weighted by atomic mass is 9.87. The lowest BCUT2D eigenvalue weighted by Gasteiger charge is -2.19. The zero-order valence-corrected chi connectivity index (χ0v) is 14.3. The van der Waals surface area contributed by atoms with E-state index in [9.17, 15) is 9.90 Å². The van der Waals surface area contributed by atoms with Crippen molar-refractivity contribution in [3.63, 3.8) is 0 Å². The smallest absolute Gasteiger partial charge is 0.337 e. The summed E-state index contributed by atoms with van der Waals surface area (Å²) in [5.74, 6) is 0.272. The number of rotatable bonds is 6. The number of aromatic hydroxyl groups is 1. The number of ether oxygens (including phenoxy) is 1. The first-order valence-electron chi connectivity index (χ1n) is 7.96. The van der Waals surface area contributed by atoms with Gasteiger partial charge in [-0.15, -0.1) is 0 Å². The monoisotopic (exact) mass is 294 g/mol. The Morgan fingerprint density at radius 3 is 2.14 bits per heavy atom. The molecule has 0 bridgehead atoms. The van der Waals surface area contributed by atoms with Crippen molar-refractivity contribution in [2.45, 2.75) is 66.2 Å². The predicted molar refractivity (Wildman–Crippen MR) is 88.1 cm³/mol. The number of hydrogen-bond acceptors (Lipinski definition) is 3. The number of benzene rings is 1. The van der Waals surface area contributed by atoms with E-state index in [-0.39, 0.29) is 5.97 Å². The quantitative estimate of drug-likeness (QED) is 0.734. The molecule has 0 aliphatic carbocycles. The number of aryl methyl sites for hydroxylation is 1. The Hall–Kier alpha value is -1.51. The number of esters is 1. The minimum atomic E-state index is -0.351. The minimum Gasteiger partial charge on any atom is -0.507 e. The summed E-state index contributed by atoms with van der Waals surface area (Å²) >= 11 is 0. The highest BCUT2D eigenvalue weighted by Crippen LogP contribution is 2.35. The fraction of sp³-hybridized carbons (Fsp3) is 0.611. The van der Waals surface area contributed by atoms with Gasteiger partial charge in [-0.3, -0.25) is 0 Å². The number of phenols is 1. The van der Waals surface area contributed by atoms with Crippen molar-refractivity contribution in [2.75, 3.05) is 7.11 Å². The van der Waals surface area contributed by atoms with E-state index < -0.39 is 0 Å². The molecule has 3 nitrogen and oxygen atoms in total. The molecule has 0 unspecified atom stereocenters. The van der Waals surface area contributed by atoms with Gasteiger partial charge in [0.05, 0.1) is 12.7 Å². The van der Waals surface area contributed by atoms with Gasteiger partial charge in [0.1, 0.15) is 5.75 Å². The second-order valence-electron chi connectivity index (χ2n) is 5.00. The van der Waals surface area contributed by atoms with E-state index in [1.54, 1.807) is 12.1 Å². The Balaban J connectivity index is 0.00000191. The van der Waals surface area contributed by atoms with Crippen LogP contribution in [0.4, 0.5) is 0 Å². The van der Waals surface area contributed by atoms with Crippen LogP contribution in [-0.2, 0) is 4.74 Å². The first-order valence-corrected chi connectivity index (χ1v) is 7.96. The summed E-state index contributed by atoms with van der Waals surface area (Å²) in [6, 6.07) is 3.46. The molecule has 0 aliphatic heterocycles. The molecule has 0 saturated carbocycles. The van der Waals surface area contributed by atoms with E-state index in [0.717, 1.165) is 36.8 Å². The molecule has 0 aromatic heterocycles. The van der Waals surface area contributed by atoms with Crippen LogP contribution >= 0.6 is 0 Å². The Bertz CT molecular complexity index is 432. The molecule has 0 spiro atoms. The third-order valence-corrected chi connectivity index (χ3v) is 3.47. The van der Waals surface area contributed by atoms with Gasteiger partial charge in [-0.1, -0.05) is 40.5 Å². The largest absolute Gasteiger partial charge is 0.507 e. The van der Waals surface area contributed by atoms with Gasteiger partial charge in [0.2, 0.25) is 0 Å². The summed E-state index contributed by atoms with van der Waals surface area (Å²) in [4.78, 5) is 11.7. The van der Waals surface area contributed by atoms with E-state index >= 15 is 0 Å². The molecule has 1 aromatic carbocycles. The normalized spacial score (nSPS) is 10.0. The van der Waals surface area contributed by atoms with Crippen LogP contribution in [0.1, 0.15) is 80.8 Å². The van der Waals surface area contributed by atoms with Crippen molar-refractivity contribution in [1.82, 2.24) is 0 Å². The van der Waals surface area contributed by atoms with Gasteiger partial charge in [-0.2, -0.15) is 0 Å². The van der Waals surface area contributed by atoms with Crippen molar-refractivity contribution >= 4 is 5.97 Å². The van der Waals surface area contributed by atoms with Crippen molar-refractivity contribution in [3.05, 3.63) is 28.8 Å². The summed E-state index contributed by atoms with van der Waals surface area (Å²) in [5, 5.41) is 10.2. The predicted octanol–water partition coefficient (Wildman–Crippen LogP) is 5.20. The molecule has 0 saturated heterocycles. The summed E-state index contributed by atoms with van der Waals surface area (Å²) in [6.07, 6.45) is 4.16. The summed E-state index contributed by atoms with van der Waals surface area (Å²) < 4.78 is 4.77. The van der Waals surface area contributed by atoms with Crippen LogP contribution < -0.4 is 0 Å². The van der Waals surface area contributed by atoms with Gasteiger partial charge in [0, 0.05) is 0 Å². The zero-order chi connectivity index (χ0) is 16.4. The van der Waals surface area contributed by atoms with Crippen LogP contribution in [0.3, 0.4) is 0 Å². The molecule has 0 aliphatic rings. The summed E-state index contributed by atoms with van der Waals surface area (Å²) in [7, 11) is 1.37. The summed E-state index contributed by atoms with van der Waals surface area (Å²) in [5.41, 5.74) is 2.13. The molecule has 1 N–H and O–H groups in total. The fourth-order valence-corrected chi connectivity index (χ4v) is 2.51. The molecule has 0 atom stereocenters. The number of methoxy groups -OCH3 is 1. The van der Waals surface area contributed by atoms with E-state index in [1.807, 2.05) is 20.8 Å². The average Bonchev–Trinajstić information content (AvgIpc) is 2.51. The Labute approximate surface area is 129 Å². The van der Waals surface area contributed by atoms with Crippen LogP contribution in [0, 0.1) is 6.92 Å². The third kappa shape index (κ3) is 5.41. The molecule has 0 heterocycles. The third-order valence-electron chi connectivity index (χ3n) is 3.47. The van der Waals surface area contributed by atoms with Crippen LogP contribution in [0.5, 0.6) is 5.75 Å². The fourth-order valence-electron chi connectivity index (χ4n) is 2.51. The second kappa shape index (κ2) is 10.3. The molecule has 1 rings (SSSR count). The van der Waals surface area contributed by atoms with Crippen LogP contribution in [-0.4, -0.2) is 18.2 Å². The molecular weight excluding hydrogens is 264 g/mol. The maximum absolute atomic E-state index is 11.7. The maximum Gasteiger partial charge on any atom is 0.337 e. The average molecular weight is 294 g/mol. The molecular formula is C18H30O3. The second-order valence-corrected chi connectivity index (χ2v) is 5.00. The van der Waals surface area contributed by atoms with E-state index in [4.69, 9.17) is 4.74 Å². The highest BCUT2D eigenvalue weighted by molar-refractivity contribution is 5.90. The first kappa shape index (κ1) is 19.5. The standard InChI is InChI=1S/C16H24O3.C2H6/c1-5-7-12(8-6-2)14-10-13(16(18)19-4)9-11(3)15(14)17;1-2/h9-10,12,17H,5-8H2,1-4H3;1-2H3. The maximum atomic E-state index is 11.7. The first-order chi connectivity index (χ1) is 10.0. The topological polar surface area (TPSA) is 46.5 Å². The van der Waals surface area contributed by atoms with E-state index in [1.165, 1.54) is 7.11 Å². The molecule has 0 fully saturated rings. The zero-order valence-electron chi connectivity index (χ0n) is 14.3. The SMILES string of the molecule is CC.CCCC(CCC)c1cc(C(=O)OC)cc(C)c1O. The van der Waals surface area contributed by atoms with Crippen molar-refractivity contribution < 1.29 is 14.6 Å². The number of phenolic OH excluding ortho intramolecular Hbond substituents is 1. The number of carbonyl (C=O) groups excluding carboxylic acids is 1. The van der Waals surface area contributed by atoms with Gasteiger partial charge in [-0.25, -0.2) is 4.79 Å². The highest BCUT2D eigenvalue weighted by atomic mass is 16.5. The Kier molecular flexibility index (Phi) is 9.51. The number of carbonyl (C=O) groups is 1. The lowest BCUT2D eigenvalue weighted by molar-refractivity contribution is 0.0600. The van der Waals surface area contributed by atoms with Gasteiger partial charge in [0.15, 0.2) is 0 Å². The van der Waals surface area contributed by atoms with Crippen molar-refractivity contribution in [3.8, 4) is 5.75 Å². The molecule has 0 amide bonds. The van der Waals surface area contributed by atoms with Crippen LogP contribution in [0.25, 0.3) is 0 Å².